The topological polar surface area (TPSA) is 75.6 Å². The molecule has 0 aromatic carbocycles. The third-order valence-electron chi connectivity index (χ3n) is 2.19. The molecule has 19 heavy (non-hydrogen) atoms. The predicted octanol–water partition coefficient (Wildman–Crippen LogP) is 1.11. The summed E-state index contributed by atoms with van der Waals surface area (Å²) in [4.78, 5) is 0.578. The molecule has 0 aliphatic rings. The molecule has 1 aromatic rings. The van der Waals surface area contributed by atoms with E-state index in [2.05, 4.69) is 9.46 Å². The smallest absolute Gasteiger partial charge is 0.261 e. The Morgan fingerprint density at radius 1 is 1.53 bits per heavy atom. The van der Waals surface area contributed by atoms with E-state index in [1.54, 1.807) is 6.92 Å². The first-order valence-corrected chi connectivity index (χ1v) is 7.72. The Labute approximate surface area is 114 Å². The number of halogens is 2. The number of rotatable bonds is 8. The van der Waals surface area contributed by atoms with Crippen LogP contribution in [-0.4, -0.2) is 39.7 Å². The first-order valence-electron chi connectivity index (χ1n) is 5.42. The average molecular weight is 315 g/mol. The highest BCUT2D eigenvalue weighted by molar-refractivity contribution is 7.91. The SMILES string of the molecule is Cc1cc(S(=O)(=O)NCCOCC(F)F)sc1CO. The highest BCUT2D eigenvalue weighted by Crippen LogP contribution is 2.25. The van der Waals surface area contributed by atoms with E-state index in [0.29, 0.717) is 10.4 Å². The lowest BCUT2D eigenvalue weighted by atomic mass is 10.3. The lowest BCUT2D eigenvalue weighted by molar-refractivity contribution is 0.0199. The van der Waals surface area contributed by atoms with Crippen LogP contribution in [0.2, 0.25) is 0 Å². The minimum atomic E-state index is -3.68. The molecule has 9 heteroatoms. The molecule has 0 bridgehead atoms. The zero-order chi connectivity index (χ0) is 14.5. The largest absolute Gasteiger partial charge is 0.391 e. The van der Waals surface area contributed by atoms with Gasteiger partial charge >= 0.3 is 0 Å². The number of hydrogen-bond donors (Lipinski definition) is 2. The van der Waals surface area contributed by atoms with Crippen molar-refractivity contribution in [2.24, 2.45) is 0 Å². The monoisotopic (exact) mass is 315 g/mol. The Bertz CT molecular complexity index is 502. The second-order valence-corrected chi connectivity index (χ2v) is 6.82. The summed E-state index contributed by atoms with van der Waals surface area (Å²) < 4.78 is 54.1. The third-order valence-corrected chi connectivity index (χ3v) is 5.35. The van der Waals surface area contributed by atoms with Gasteiger partial charge in [0.1, 0.15) is 10.8 Å². The number of ether oxygens (including phenoxy) is 1. The van der Waals surface area contributed by atoms with Gasteiger partial charge in [-0.15, -0.1) is 11.3 Å². The van der Waals surface area contributed by atoms with Crippen LogP contribution in [0.3, 0.4) is 0 Å². The number of alkyl halides is 2. The van der Waals surface area contributed by atoms with Gasteiger partial charge in [0.25, 0.3) is 6.43 Å². The molecular formula is C10H15F2NO4S2. The second-order valence-electron chi connectivity index (χ2n) is 3.69. The fraction of sp³-hybridized carbons (Fsp3) is 0.600. The zero-order valence-electron chi connectivity index (χ0n) is 10.2. The van der Waals surface area contributed by atoms with Gasteiger partial charge in [0.05, 0.1) is 13.2 Å². The maximum absolute atomic E-state index is 11.8. The number of sulfonamides is 1. The fourth-order valence-corrected chi connectivity index (χ4v) is 3.78. The van der Waals surface area contributed by atoms with Crippen molar-refractivity contribution in [2.45, 2.75) is 24.2 Å². The number of aryl methyl sites for hydroxylation is 1. The molecule has 0 saturated carbocycles. The van der Waals surface area contributed by atoms with E-state index in [4.69, 9.17) is 5.11 Å². The third kappa shape index (κ3) is 5.11. The van der Waals surface area contributed by atoms with Crippen LogP contribution in [0.4, 0.5) is 8.78 Å². The molecule has 0 unspecified atom stereocenters. The van der Waals surface area contributed by atoms with Crippen LogP contribution < -0.4 is 4.72 Å². The lowest BCUT2D eigenvalue weighted by Crippen LogP contribution is -2.27. The molecule has 5 nitrogen and oxygen atoms in total. The summed E-state index contributed by atoms with van der Waals surface area (Å²) in [5.41, 5.74) is 0.696. The van der Waals surface area contributed by atoms with Gasteiger partial charge in [-0.1, -0.05) is 0 Å². The maximum Gasteiger partial charge on any atom is 0.261 e. The maximum atomic E-state index is 11.8. The lowest BCUT2D eigenvalue weighted by Gasteiger charge is -2.05. The van der Waals surface area contributed by atoms with Gasteiger partial charge in [-0.25, -0.2) is 21.9 Å². The Morgan fingerprint density at radius 2 is 2.21 bits per heavy atom. The quantitative estimate of drug-likeness (QED) is 0.705. The van der Waals surface area contributed by atoms with Crippen LogP contribution in [0.25, 0.3) is 0 Å². The van der Waals surface area contributed by atoms with Crippen molar-refractivity contribution in [3.63, 3.8) is 0 Å². The van der Waals surface area contributed by atoms with Crippen molar-refractivity contribution in [1.29, 1.82) is 0 Å². The molecular weight excluding hydrogens is 300 g/mol. The van der Waals surface area contributed by atoms with Crippen LogP contribution in [0.1, 0.15) is 10.4 Å². The summed E-state index contributed by atoms with van der Waals surface area (Å²) in [6.45, 7) is 0.562. The van der Waals surface area contributed by atoms with Crippen molar-refractivity contribution >= 4 is 21.4 Å². The van der Waals surface area contributed by atoms with Crippen molar-refractivity contribution < 1.29 is 27.0 Å². The first-order chi connectivity index (χ1) is 8.86. The number of hydrogen-bond acceptors (Lipinski definition) is 5. The molecule has 1 aromatic heterocycles. The van der Waals surface area contributed by atoms with Crippen LogP contribution in [0.15, 0.2) is 10.3 Å². The summed E-state index contributed by atoms with van der Waals surface area (Å²) >= 11 is 0.974. The molecule has 0 fully saturated rings. The van der Waals surface area contributed by atoms with E-state index in [0.717, 1.165) is 11.3 Å². The molecule has 0 saturated heterocycles. The van der Waals surface area contributed by atoms with E-state index >= 15 is 0 Å². The molecule has 2 N–H and O–H groups in total. The van der Waals surface area contributed by atoms with E-state index in [1.165, 1.54) is 6.07 Å². The van der Waals surface area contributed by atoms with Gasteiger partial charge in [0, 0.05) is 11.4 Å². The van der Waals surface area contributed by atoms with Crippen molar-refractivity contribution in [1.82, 2.24) is 4.72 Å². The number of nitrogens with one attached hydrogen (secondary N) is 1. The highest BCUT2D eigenvalue weighted by Gasteiger charge is 2.18. The normalized spacial score (nSPS) is 12.3. The summed E-state index contributed by atoms with van der Waals surface area (Å²) in [6.07, 6.45) is -2.57. The molecule has 0 aliphatic heterocycles. The van der Waals surface area contributed by atoms with Crippen LogP contribution >= 0.6 is 11.3 Å². The summed E-state index contributed by atoms with van der Waals surface area (Å²) in [7, 11) is -3.68. The van der Waals surface area contributed by atoms with E-state index in [-0.39, 0.29) is 24.0 Å². The van der Waals surface area contributed by atoms with Crippen LogP contribution in [0, 0.1) is 6.92 Å². The molecule has 0 spiro atoms. The zero-order valence-corrected chi connectivity index (χ0v) is 11.9. The van der Waals surface area contributed by atoms with Gasteiger partial charge in [0.2, 0.25) is 10.0 Å². The molecule has 1 rings (SSSR count). The van der Waals surface area contributed by atoms with E-state index < -0.39 is 23.1 Å². The van der Waals surface area contributed by atoms with E-state index in [1.807, 2.05) is 0 Å². The van der Waals surface area contributed by atoms with Gasteiger partial charge in [-0.3, -0.25) is 0 Å². The summed E-state index contributed by atoms with van der Waals surface area (Å²) in [5, 5.41) is 9.00. The van der Waals surface area contributed by atoms with Gasteiger partial charge in [0.15, 0.2) is 0 Å². The molecule has 1 heterocycles. The predicted molar refractivity (Wildman–Crippen MR) is 67.0 cm³/mol. The number of thiophene rings is 1. The Morgan fingerprint density at radius 3 is 2.74 bits per heavy atom. The van der Waals surface area contributed by atoms with Crippen LogP contribution in [0.5, 0.6) is 0 Å². The summed E-state index contributed by atoms with van der Waals surface area (Å²) in [6, 6.07) is 1.46. The van der Waals surface area contributed by atoms with Crippen molar-refractivity contribution in [2.75, 3.05) is 19.8 Å². The molecule has 0 atom stereocenters. The second kappa shape index (κ2) is 7.25. The summed E-state index contributed by atoms with van der Waals surface area (Å²) in [5.74, 6) is 0. The van der Waals surface area contributed by atoms with Gasteiger partial charge < -0.3 is 9.84 Å². The number of aliphatic hydroxyl groups excluding tert-OH is 1. The Kier molecular flexibility index (Phi) is 6.27. The minimum Gasteiger partial charge on any atom is -0.391 e. The van der Waals surface area contributed by atoms with Crippen molar-refractivity contribution in [3.8, 4) is 0 Å². The van der Waals surface area contributed by atoms with Crippen LogP contribution in [-0.2, 0) is 21.4 Å². The molecule has 0 amide bonds. The Balaban J connectivity index is 2.51. The number of aliphatic hydroxyl groups is 1. The average Bonchev–Trinajstić information content (AvgIpc) is 2.70. The van der Waals surface area contributed by atoms with E-state index in [9.17, 15) is 17.2 Å². The molecule has 0 aliphatic carbocycles. The Hall–Kier alpha value is -0.610. The highest BCUT2D eigenvalue weighted by atomic mass is 32.2. The first kappa shape index (κ1) is 16.4. The molecule has 110 valence electrons. The van der Waals surface area contributed by atoms with Gasteiger partial charge in [-0.2, -0.15) is 0 Å². The molecule has 0 radical (unpaired) electrons. The fourth-order valence-electron chi connectivity index (χ4n) is 1.27. The minimum absolute atomic E-state index is 0.0829. The van der Waals surface area contributed by atoms with Crippen molar-refractivity contribution in [3.05, 3.63) is 16.5 Å². The van der Waals surface area contributed by atoms with Gasteiger partial charge in [-0.05, 0) is 18.6 Å². The standard InChI is InChI=1S/C10H15F2NO4S2/c1-7-4-10(18-8(7)5-14)19(15,16)13-2-3-17-6-9(11)12/h4,9,13-14H,2-3,5-6H2,1H3.